The molecule has 0 N–H and O–H groups in total. The summed E-state index contributed by atoms with van der Waals surface area (Å²) in [5.74, 6) is 2.49. The molecule has 4 aromatic rings. The van der Waals surface area contributed by atoms with Crippen LogP contribution in [0.25, 0.3) is 28.5 Å². The van der Waals surface area contributed by atoms with Crippen molar-refractivity contribution in [2.75, 3.05) is 0 Å². The van der Waals surface area contributed by atoms with E-state index in [1.54, 1.807) is 0 Å². The minimum absolute atomic E-state index is 0.446. The highest BCUT2D eigenvalue weighted by molar-refractivity contribution is 5.75. The molecule has 0 unspecified atom stereocenters. The number of hydrogen-bond acceptors (Lipinski definition) is 6. The third-order valence-electron chi connectivity index (χ3n) is 5.21. The number of aryl methyl sites for hydroxylation is 1. The standard InChI is InChI=1S/C20H16N6O/c1-11-21-9-13-8-16-18(20-24-19(25-27-20)12-6-7-12)22-10-26(16)15-5-3-2-4-14(15)17(13)23-11/h2-5,9-10,12H,6-8H2,1H3. The van der Waals surface area contributed by atoms with Gasteiger partial charge in [-0.25, -0.2) is 15.0 Å². The highest BCUT2D eigenvalue weighted by Gasteiger charge is 2.31. The van der Waals surface area contributed by atoms with Gasteiger partial charge in [0, 0.05) is 29.7 Å². The number of nitrogens with zero attached hydrogens (tertiary/aromatic N) is 6. The molecule has 4 heterocycles. The predicted octanol–water partition coefficient (Wildman–Crippen LogP) is 3.47. The summed E-state index contributed by atoms with van der Waals surface area (Å²) in [7, 11) is 0. The van der Waals surface area contributed by atoms with Gasteiger partial charge >= 0.3 is 0 Å². The molecule has 6 rings (SSSR count). The van der Waals surface area contributed by atoms with Crippen molar-refractivity contribution in [3.63, 3.8) is 0 Å². The van der Waals surface area contributed by atoms with Crippen LogP contribution >= 0.6 is 0 Å². The molecule has 1 saturated carbocycles. The summed E-state index contributed by atoms with van der Waals surface area (Å²) in [6.07, 6.45) is 6.66. The van der Waals surface area contributed by atoms with E-state index < -0.39 is 0 Å². The lowest BCUT2D eigenvalue weighted by molar-refractivity contribution is 0.421. The second kappa shape index (κ2) is 5.33. The first-order valence-electron chi connectivity index (χ1n) is 9.10. The summed E-state index contributed by atoms with van der Waals surface area (Å²) < 4.78 is 7.64. The number of imidazole rings is 1. The van der Waals surface area contributed by atoms with Gasteiger partial charge in [-0.3, -0.25) is 0 Å². The van der Waals surface area contributed by atoms with E-state index in [0.29, 0.717) is 18.2 Å². The zero-order chi connectivity index (χ0) is 18.0. The monoisotopic (exact) mass is 356 g/mol. The molecule has 7 heteroatoms. The first kappa shape index (κ1) is 14.8. The summed E-state index contributed by atoms with van der Waals surface area (Å²) in [4.78, 5) is 18.3. The van der Waals surface area contributed by atoms with Crippen molar-refractivity contribution >= 4 is 0 Å². The average Bonchev–Trinajstić information content (AvgIpc) is 3.31. The van der Waals surface area contributed by atoms with Crippen molar-refractivity contribution in [3.8, 4) is 28.5 Å². The molecule has 0 spiro atoms. The Labute approximate surface area is 155 Å². The maximum absolute atomic E-state index is 5.54. The van der Waals surface area contributed by atoms with Crippen molar-refractivity contribution in [2.45, 2.75) is 32.1 Å². The zero-order valence-electron chi connectivity index (χ0n) is 14.8. The fraction of sp³-hybridized carbons (Fsp3) is 0.250. The highest BCUT2D eigenvalue weighted by Crippen LogP contribution is 2.40. The number of hydrogen-bond donors (Lipinski definition) is 0. The van der Waals surface area contributed by atoms with E-state index in [1.165, 1.54) is 0 Å². The van der Waals surface area contributed by atoms with Gasteiger partial charge in [-0.1, -0.05) is 23.4 Å². The molecular weight excluding hydrogens is 340 g/mol. The molecule has 0 amide bonds. The smallest absolute Gasteiger partial charge is 0.278 e. The van der Waals surface area contributed by atoms with Crippen molar-refractivity contribution in [2.24, 2.45) is 0 Å². The number of para-hydroxylation sites is 1. The fourth-order valence-electron chi connectivity index (χ4n) is 3.69. The molecule has 1 aliphatic carbocycles. The van der Waals surface area contributed by atoms with Crippen LogP contribution in [0.2, 0.25) is 0 Å². The number of rotatable bonds is 2. The van der Waals surface area contributed by atoms with E-state index in [4.69, 9.17) is 9.51 Å². The van der Waals surface area contributed by atoms with Crippen LogP contribution < -0.4 is 0 Å². The normalized spacial score (nSPS) is 15.0. The Morgan fingerprint density at radius 1 is 1.07 bits per heavy atom. The van der Waals surface area contributed by atoms with E-state index in [0.717, 1.165) is 58.4 Å². The van der Waals surface area contributed by atoms with Gasteiger partial charge in [0.2, 0.25) is 0 Å². The number of fused-ring (bicyclic) bond motifs is 5. The van der Waals surface area contributed by atoms with Crippen molar-refractivity contribution in [1.29, 1.82) is 0 Å². The highest BCUT2D eigenvalue weighted by atomic mass is 16.5. The molecule has 0 saturated heterocycles. The lowest BCUT2D eigenvalue weighted by Gasteiger charge is -2.09. The Hall–Kier alpha value is -3.35. The zero-order valence-corrected chi connectivity index (χ0v) is 14.8. The first-order valence-corrected chi connectivity index (χ1v) is 9.10. The van der Waals surface area contributed by atoms with E-state index in [9.17, 15) is 0 Å². The molecule has 7 nitrogen and oxygen atoms in total. The Morgan fingerprint density at radius 2 is 1.96 bits per heavy atom. The quantitative estimate of drug-likeness (QED) is 0.482. The third-order valence-corrected chi connectivity index (χ3v) is 5.21. The van der Waals surface area contributed by atoms with Gasteiger partial charge in [-0.15, -0.1) is 0 Å². The molecule has 0 atom stereocenters. The number of aromatic nitrogens is 6. The van der Waals surface area contributed by atoms with Gasteiger partial charge in [-0.2, -0.15) is 4.98 Å². The van der Waals surface area contributed by atoms with Crippen LogP contribution in [0.1, 0.15) is 41.7 Å². The SMILES string of the molecule is Cc1ncc2c(n1)-c1ccccc1-n1cnc(-c3nc(C4CC4)no3)c1C2. The minimum atomic E-state index is 0.446. The Kier molecular flexibility index (Phi) is 2.92. The van der Waals surface area contributed by atoms with Crippen molar-refractivity contribution < 1.29 is 4.52 Å². The average molecular weight is 356 g/mol. The largest absolute Gasteiger partial charge is 0.332 e. The molecule has 1 aromatic carbocycles. The molecule has 27 heavy (non-hydrogen) atoms. The Morgan fingerprint density at radius 3 is 2.85 bits per heavy atom. The molecule has 1 aliphatic heterocycles. The van der Waals surface area contributed by atoms with Gasteiger partial charge < -0.3 is 9.09 Å². The van der Waals surface area contributed by atoms with E-state index >= 15 is 0 Å². The summed E-state index contributed by atoms with van der Waals surface area (Å²) in [6.45, 7) is 1.92. The van der Waals surface area contributed by atoms with Crippen LogP contribution in [0.4, 0.5) is 0 Å². The number of benzene rings is 1. The first-order chi connectivity index (χ1) is 13.3. The molecule has 132 valence electrons. The lowest BCUT2D eigenvalue weighted by atomic mass is 10.0. The Bertz CT molecular complexity index is 1190. The van der Waals surface area contributed by atoms with Crippen LogP contribution in [0.5, 0.6) is 0 Å². The van der Waals surface area contributed by atoms with E-state index in [1.807, 2.05) is 31.6 Å². The van der Waals surface area contributed by atoms with Gasteiger partial charge in [0.25, 0.3) is 5.89 Å². The van der Waals surface area contributed by atoms with Crippen molar-refractivity contribution in [1.82, 2.24) is 29.7 Å². The third kappa shape index (κ3) is 2.24. The van der Waals surface area contributed by atoms with Crippen molar-refractivity contribution in [3.05, 3.63) is 59.7 Å². The van der Waals surface area contributed by atoms with Crippen LogP contribution in [-0.4, -0.2) is 29.7 Å². The molecule has 0 bridgehead atoms. The second-order valence-electron chi connectivity index (χ2n) is 7.13. The fourth-order valence-corrected chi connectivity index (χ4v) is 3.69. The molecule has 1 fully saturated rings. The summed E-state index contributed by atoms with van der Waals surface area (Å²) >= 11 is 0. The second-order valence-corrected chi connectivity index (χ2v) is 7.13. The molecule has 0 radical (unpaired) electrons. The van der Waals surface area contributed by atoms with Crippen LogP contribution in [0.3, 0.4) is 0 Å². The topological polar surface area (TPSA) is 82.5 Å². The Balaban J connectivity index is 1.58. The van der Waals surface area contributed by atoms with Crippen LogP contribution in [-0.2, 0) is 6.42 Å². The lowest BCUT2D eigenvalue weighted by Crippen LogP contribution is -2.00. The summed E-state index contributed by atoms with van der Waals surface area (Å²) in [5, 5.41) is 4.15. The molecular formula is C20H16N6O. The summed E-state index contributed by atoms with van der Waals surface area (Å²) in [5.41, 5.74) is 5.90. The van der Waals surface area contributed by atoms with Gasteiger partial charge in [-0.05, 0) is 25.8 Å². The van der Waals surface area contributed by atoms with Crippen LogP contribution in [0, 0.1) is 6.92 Å². The minimum Gasteiger partial charge on any atom is -0.332 e. The molecule has 3 aromatic heterocycles. The predicted molar refractivity (Wildman–Crippen MR) is 97.4 cm³/mol. The van der Waals surface area contributed by atoms with E-state index in [-0.39, 0.29) is 0 Å². The van der Waals surface area contributed by atoms with Gasteiger partial charge in [0.15, 0.2) is 11.5 Å². The maximum atomic E-state index is 5.54. The van der Waals surface area contributed by atoms with E-state index in [2.05, 4.69) is 36.8 Å². The van der Waals surface area contributed by atoms with Crippen LogP contribution in [0.15, 0.2) is 41.3 Å². The maximum Gasteiger partial charge on any atom is 0.278 e. The van der Waals surface area contributed by atoms with Gasteiger partial charge in [0.1, 0.15) is 12.2 Å². The van der Waals surface area contributed by atoms with Gasteiger partial charge in [0.05, 0.1) is 17.1 Å². The summed E-state index contributed by atoms with van der Waals surface area (Å²) in [6, 6.07) is 8.23. The molecule has 2 aliphatic rings.